The van der Waals surface area contributed by atoms with Gasteiger partial charge in [-0.05, 0) is 52.9 Å². The van der Waals surface area contributed by atoms with E-state index in [1.54, 1.807) is 6.33 Å². The van der Waals surface area contributed by atoms with Gasteiger partial charge in [0.15, 0.2) is 5.82 Å². The lowest BCUT2D eigenvalue weighted by atomic mass is 9.90. The second kappa shape index (κ2) is 11.2. The molecule has 6 aromatic carbocycles. The molecular formula is C42H27N5. The summed E-state index contributed by atoms with van der Waals surface area (Å²) < 4.78 is 0. The molecule has 1 aliphatic rings. The van der Waals surface area contributed by atoms with Gasteiger partial charge in [-0.3, -0.25) is 0 Å². The van der Waals surface area contributed by atoms with Crippen LogP contribution in [0.2, 0.25) is 0 Å². The molecule has 3 heterocycles. The Bertz CT molecular complexity index is 2330. The molecule has 0 aliphatic carbocycles. The molecule has 47 heavy (non-hydrogen) atoms. The Morgan fingerprint density at radius 1 is 0.468 bits per heavy atom. The predicted molar refractivity (Wildman–Crippen MR) is 191 cm³/mol. The summed E-state index contributed by atoms with van der Waals surface area (Å²) in [6.07, 6.45) is 3.55. The maximum absolute atomic E-state index is 5.03. The van der Waals surface area contributed by atoms with Crippen LogP contribution in [0.1, 0.15) is 0 Å². The van der Waals surface area contributed by atoms with Crippen molar-refractivity contribution < 1.29 is 0 Å². The molecule has 0 amide bonds. The lowest BCUT2D eigenvalue weighted by Crippen LogP contribution is -2.16. The molecule has 1 aliphatic heterocycles. The van der Waals surface area contributed by atoms with E-state index in [9.17, 15) is 0 Å². The maximum atomic E-state index is 5.03. The van der Waals surface area contributed by atoms with Crippen molar-refractivity contribution in [2.75, 3.05) is 4.90 Å². The zero-order valence-corrected chi connectivity index (χ0v) is 25.3. The van der Waals surface area contributed by atoms with Gasteiger partial charge in [-0.1, -0.05) is 115 Å². The van der Waals surface area contributed by atoms with Gasteiger partial charge in [-0.15, -0.1) is 0 Å². The minimum Gasteiger partial charge on any atom is -0.306 e. The van der Waals surface area contributed by atoms with Crippen LogP contribution < -0.4 is 4.90 Å². The van der Waals surface area contributed by atoms with Crippen LogP contribution in [-0.2, 0) is 0 Å². The summed E-state index contributed by atoms with van der Waals surface area (Å²) in [6.45, 7) is 0. The molecular weight excluding hydrogens is 574 g/mol. The minimum absolute atomic E-state index is 0.700. The first-order valence-electron chi connectivity index (χ1n) is 15.6. The minimum atomic E-state index is 0.700. The Kier molecular flexibility index (Phi) is 6.39. The van der Waals surface area contributed by atoms with E-state index in [4.69, 9.17) is 15.0 Å². The van der Waals surface area contributed by atoms with Crippen molar-refractivity contribution in [3.05, 3.63) is 164 Å². The van der Waals surface area contributed by atoms with Crippen molar-refractivity contribution in [2.45, 2.75) is 0 Å². The van der Waals surface area contributed by atoms with E-state index in [2.05, 4.69) is 107 Å². The van der Waals surface area contributed by atoms with Gasteiger partial charge in [-0.2, -0.15) is 0 Å². The van der Waals surface area contributed by atoms with E-state index >= 15 is 0 Å². The highest BCUT2D eigenvalue weighted by Crippen LogP contribution is 2.50. The molecule has 0 atom stereocenters. The summed E-state index contributed by atoms with van der Waals surface area (Å²) >= 11 is 0. The van der Waals surface area contributed by atoms with E-state index in [1.807, 2.05) is 60.8 Å². The van der Waals surface area contributed by atoms with Crippen molar-refractivity contribution in [2.24, 2.45) is 0 Å². The molecule has 0 bridgehead atoms. The average molecular weight is 602 g/mol. The van der Waals surface area contributed by atoms with Crippen molar-refractivity contribution >= 4 is 27.8 Å². The summed E-state index contributed by atoms with van der Waals surface area (Å²) in [5, 5.41) is 2.35. The van der Waals surface area contributed by atoms with Crippen LogP contribution >= 0.6 is 0 Å². The van der Waals surface area contributed by atoms with E-state index < -0.39 is 0 Å². The van der Waals surface area contributed by atoms with Crippen LogP contribution in [-0.4, -0.2) is 19.9 Å². The Hall–Kier alpha value is -6.46. The molecule has 8 aromatic rings. The number of fused-ring (bicyclic) bond motifs is 2. The highest BCUT2D eigenvalue weighted by atomic mass is 15.2. The fourth-order valence-corrected chi connectivity index (χ4v) is 6.53. The summed E-state index contributed by atoms with van der Waals surface area (Å²) in [6, 6.07) is 52.6. The Labute approximate surface area is 272 Å². The number of hydrogen-bond donors (Lipinski definition) is 0. The summed E-state index contributed by atoms with van der Waals surface area (Å²) in [5.74, 6) is 0.700. The third-order valence-electron chi connectivity index (χ3n) is 8.74. The average Bonchev–Trinajstić information content (AvgIpc) is 3.16. The van der Waals surface area contributed by atoms with Gasteiger partial charge in [0.1, 0.15) is 6.33 Å². The highest BCUT2D eigenvalue weighted by Gasteiger charge is 2.28. The van der Waals surface area contributed by atoms with E-state index in [-0.39, 0.29) is 0 Å². The van der Waals surface area contributed by atoms with Gasteiger partial charge < -0.3 is 4.90 Å². The topological polar surface area (TPSA) is 54.8 Å². The molecule has 0 saturated heterocycles. The predicted octanol–water partition coefficient (Wildman–Crippen LogP) is 10.5. The number of aromatic nitrogens is 4. The van der Waals surface area contributed by atoms with Crippen LogP contribution in [0.15, 0.2) is 164 Å². The standard InChI is InChI=1S/C42H27N5/c1-4-11-28(12-5-1)33-23-32-17-10-18-38-40(32)35(24-33)41-39(26-43-27-44-41)47(38)34-21-19-30(20-22-34)37-25-36(29-13-6-2-7-14-29)45-42(46-37)31-15-8-3-9-16-31/h1-27H. The van der Waals surface area contributed by atoms with E-state index in [1.165, 1.54) is 21.9 Å². The second-order valence-electron chi connectivity index (χ2n) is 11.6. The molecule has 9 rings (SSSR count). The molecule has 0 unspecified atom stereocenters. The van der Waals surface area contributed by atoms with Gasteiger partial charge in [0, 0.05) is 33.3 Å². The Morgan fingerprint density at radius 3 is 1.81 bits per heavy atom. The van der Waals surface area contributed by atoms with Gasteiger partial charge in [0.05, 0.1) is 34.7 Å². The van der Waals surface area contributed by atoms with Gasteiger partial charge in [-0.25, -0.2) is 19.9 Å². The molecule has 5 nitrogen and oxygen atoms in total. The van der Waals surface area contributed by atoms with Crippen molar-refractivity contribution in [1.82, 2.24) is 19.9 Å². The molecule has 0 radical (unpaired) electrons. The van der Waals surface area contributed by atoms with Crippen LogP contribution in [0, 0.1) is 0 Å². The van der Waals surface area contributed by atoms with Crippen molar-refractivity contribution in [1.29, 1.82) is 0 Å². The van der Waals surface area contributed by atoms with E-state index in [0.29, 0.717) is 5.82 Å². The first-order chi connectivity index (χ1) is 23.3. The lowest BCUT2D eigenvalue weighted by molar-refractivity contribution is 1.13. The molecule has 5 heteroatoms. The lowest BCUT2D eigenvalue weighted by Gasteiger charge is -2.32. The number of hydrogen-bond acceptors (Lipinski definition) is 5. The number of anilines is 3. The Balaban J connectivity index is 1.17. The van der Waals surface area contributed by atoms with Gasteiger partial charge in [0.25, 0.3) is 0 Å². The number of rotatable bonds is 5. The zero-order valence-electron chi connectivity index (χ0n) is 25.3. The first-order valence-corrected chi connectivity index (χ1v) is 15.6. The van der Waals surface area contributed by atoms with Crippen LogP contribution in [0.5, 0.6) is 0 Å². The molecule has 2 aromatic heterocycles. The number of nitrogens with zero attached hydrogens (tertiary/aromatic N) is 5. The molecule has 0 spiro atoms. The fraction of sp³-hybridized carbons (Fsp3) is 0. The van der Waals surface area contributed by atoms with Crippen LogP contribution in [0.4, 0.5) is 17.1 Å². The summed E-state index contributed by atoms with van der Waals surface area (Å²) in [5.41, 5.74) is 12.3. The van der Waals surface area contributed by atoms with Crippen molar-refractivity contribution in [3.63, 3.8) is 0 Å². The zero-order chi connectivity index (χ0) is 31.2. The normalized spacial score (nSPS) is 11.8. The van der Waals surface area contributed by atoms with Gasteiger partial charge in [0.2, 0.25) is 0 Å². The van der Waals surface area contributed by atoms with Crippen LogP contribution in [0.25, 0.3) is 67.1 Å². The molecule has 220 valence electrons. The van der Waals surface area contributed by atoms with E-state index in [0.717, 1.165) is 56.4 Å². The largest absolute Gasteiger partial charge is 0.306 e. The third kappa shape index (κ3) is 4.73. The molecule has 0 fully saturated rings. The summed E-state index contributed by atoms with van der Waals surface area (Å²) in [4.78, 5) is 21.5. The summed E-state index contributed by atoms with van der Waals surface area (Å²) in [7, 11) is 0. The monoisotopic (exact) mass is 601 g/mol. The first kappa shape index (κ1) is 26.9. The van der Waals surface area contributed by atoms with Crippen molar-refractivity contribution in [3.8, 4) is 56.3 Å². The quantitative estimate of drug-likeness (QED) is 0.196. The third-order valence-corrected chi connectivity index (χ3v) is 8.74. The second-order valence-corrected chi connectivity index (χ2v) is 11.6. The highest BCUT2D eigenvalue weighted by molar-refractivity contribution is 6.14. The van der Waals surface area contributed by atoms with Gasteiger partial charge >= 0.3 is 0 Å². The fourth-order valence-electron chi connectivity index (χ4n) is 6.53. The molecule has 0 N–H and O–H groups in total. The molecule has 0 saturated carbocycles. The number of benzene rings is 6. The Morgan fingerprint density at radius 2 is 1.11 bits per heavy atom. The van der Waals surface area contributed by atoms with Crippen LogP contribution in [0.3, 0.4) is 0 Å². The maximum Gasteiger partial charge on any atom is 0.160 e. The smallest absolute Gasteiger partial charge is 0.160 e. The SMILES string of the molecule is c1ccc(-c2cc3c4c(cccc4c2)N(c2ccc(-c4cc(-c5ccccc5)nc(-c5ccccc5)n4)cc2)c2cncnc2-3)cc1.